The minimum absolute atomic E-state index is 0.0856. The van der Waals surface area contributed by atoms with Crippen molar-refractivity contribution in [3.63, 3.8) is 0 Å². The number of nitrogens with two attached hydrogens (primary N) is 1. The largest absolute Gasteiger partial charge is 0.333 e. The number of anilines is 1. The summed E-state index contributed by atoms with van der Waals surface area (Å²) in [7, 11) is 1.50. The van der Waals surface area contributed by atoms with Crippen LogP contribution in [0.3, 0.4) is 0 Å². The third kappa shape index (κ3) is 2.28. The highest BCUT2D eigenvalue weighted by Gasteiger charge is 2.38. The van der Waals surface area contributed by atoms with Gasteiger partial charge < -0.3 is 10.6 Å². The van der Waals surface area contributed by atoms with E-state index >= 15 is 0 Å². The van der Waals surface area contributed by atoms with Crippen molar-refractivity contribution in [3.8, 4) is 0 Å². The van der Waals surface area contributed by atoms with E-state index < -0.39 is 0 Å². The van der Waals surface area contributed by atoms with Gasteiger partial charge in [0.1, 0.15) is 0 Å². The molecule has 0 aromatic heterocycles. The monoisotopic (exact) mass is 260 g/mol. The summed E-state index contributed by atoms with van der Waals surface area (Å²) in [6, 6.07) is 5.88. The van der Waals surface area contributed by atoms with Crippen LogP contribution in [-0.2, 0) is 22.4 Å². The fraction of sp³-hybridized carbons (Fsp3) is 0.467. The number of benzene rings is 1. The van der Waals surface area contributed by atoms with Crippen LogP contribution in [0.2, 0.25) is 0 Å². The second kappa shape index (κ2) is 5.53. The minimum atomic E-state index is -0.267. The first-order valence-electron chi connectivity index (χ1n) is 6.69. The maximum absolute atomic E-state index is 12.1. The number of hydrogen-bond donors (Lipinski definition) is 1. The van der Waals surface area contributed by atoms with Crippen molar-refractivity contribution in [3.05, 3.63) is 29.3 Å². The smallest absolute Gasteiger partial charge is 0.227 e. The topological polar surface area (TPSA) is 63.4 Å². The lowest BCUT2D eigenvalue weighted by Gasteiger charge is -2.23. The van der Waals surface area contributed by atoms with Gasteiger partial charge in [0.2, 0.25) is 5.91 Å². The molecule has 0 radical (unpaired) electrons. The number of nitrogens with zero attached hydrogens (tertiary/aromatic N) is 1. The molecule has 19 heavy (non-hydrogen) atoms. The van der Waals surface area contributed by atoms with Gasteiger partial charge >= 0.3 is 0 Å². The molecule has 2 heterocycles. The molecule has 0 saturated heterocycles. The normalized spacial score (nSPS) is 20.3. The molecule has 2 aliphatic heterocycles. The Morgan fingerprint density at radius 3 is 2.63 bits per heavy atom. The van der Waals surface area contributed by atoms with E-state index in [0.29, 0.717) is 12.8 Å². The highest BCUT2D eigenvalue weighted by atomic mass is 16.2. The molecule has 0 fully saturated rings. The predicted molar refractivity (Wildman–Crippen MR) is 75.2 cm³/mol. The number of rotatable bonds is 1. The van der Waals surface area contributed by atoms with E-state index in [1.54, 1.807) is 11.8 Å². The lowest BCUT2D eigenvalue weighted by molar-refractivity contribution is -0.123. The van der Waals surface area contributed by atoms with Crippen LogP contribution < -0.4 is 10.6 Å². The molecule has 2 aliphatic rings. The van der Waals surface area contributed by atoms with Gasteiger partial charge in [-0.1, -0.05) is 18.2 Å². The predicted octanol–water partition coefficient (Wildman–Crippen LogP) is 1.44. The van der Waals surface area contributed by atoms with Gasteiger partial charge in [-0.25, -0.2) is 0 Å². The molecule has 0 aliphatic carbocycles. The molecule has 1 aromatic carbocycles. The molecular weight excluding hydrogens is 240 g/mol. The van der Waals surface area contributed by atoms with Gasteiger partial charge in [-0.3, -0.25) is 9.59 Å². The summed E-state index contributed by atoms with van der Waals surface area (Å²) in [5.74, 6) is 0.191. The molecule has 102 valence electrons. The lowest BCUT2D eigenvalue weighted by Crippen LogP contribution is -2.41. The Kier molecular flexibility index (Phi) is 4.00. The molecule has 0 saturated carbocycles. The summed E-state index contributed by atoms with van der Waals surface area (Å²) in [5.41, 5.74) is 7.89. The Bertz CT molecular complexity index is 511. The molecule has 1 unspecified atom stereocenters. The van der Waals surface area contributed by atoms with Crippen molar-refractivity contribution in [1.29, 1.82) is 0 Å². The van der Waals surface area contributed by atoms with E-state index in [1.165, 1.54) is 12.6 Å². The fourth-order valence-electron chi connectivity index (χ4n) is 2.95. The van der Waals surface area contributed by atoms with E-state index in [-0.39, 0.29) is 17.7 Å². The number of hydrogen-bond acceptors (Lipinski definition) is 3. The van der Waals surface area contributed by atoms with Crippen molar-refractivity contribution >= 4 is 17.4 Å². The summed E-state index contributed by atoms with van der Waals surface area (Å²) >= 11 is 0. The van der Waals surface area contributed by atoms with Crippen molar-refractivity contribution in [1.82, 2.24) is 0 Å². The molecule has 3 rings (SSSR count). The number of carbonyl (C=O) groups excluding carboxylic acids is 2. The highest BCUT2D eigenvalue weighted by molar-refractivity contribution is 6.04. The van der Waals surface area contributed by atoms with E-state index in [4.69, 9.17) is 0 Å². The van der Waals surface area contributed by atoms with Gasteiger partial charge in [0, 0.05) is 12.8 Å². The standard InChI is InChI=1S/C14H15NO2.CH5N/c1-9(16)12-8-11-6-2-4-10-5-3-7-13(17)15(12)14(10)11;1-2/h2,4,6,12H,3,5,7-8H2,1H3;2H2,1H3. The first-order chi connectivity index (χ1) is 9.18. The van der Waals surface area contributed by atoms with Gasteiger partial charge in [0.05, 0.1) is 11.7 Å². The average Bonchev–Trinajstić information content (AvgIpc) is 2.73. The molecule has 1 aromatic rings. The SMILES string of the molecule is CC(=O)C1Cc2cccc3c2N1C(=O)CCC3.CN. The molecule has 0 bridgehead atoms. The van der Waals surface area contributed by atoms with Crippen LogP contribution in [0.1, 0.15) is 30.9 Å². The van der Waals surface area contributed by atoms with Crippen LogP contribution in [0.15, 0.2) is 18.2 Å². The molecular formula is C15H20N2O2. The Labute approximate surface area is 113 Å². The van der Waals surface area contributed by atoms with Crippen molar-refractivity contribution in [2.75, 3.05) is 11.9 Å². The van der Waals surface area contributed by atoms with Gasteiger partial charge in [0.15, 0.2) is 5.78 Å². The maximum Gasteiger partial charge on any atom is 0.227 e. The quantitative estimate of drug-likeness (QED) is 0.831. The molecule has 1 atom stereocenters. The molecule has 1 amide bonds. The van der Waals surface area contributed by atoms with E-state index in [0.717, 1.165) is 24.1 Å². The summed E-state index contributed by atoms with van der Waals surface area (Å²) in [6.07, 6.45) is 3.06. The van der Waals surface area contributed by atoms with Gasteiger partial charge in [-0.05, 0) is 37.9 Å². The highest BCUT2D eigenvalue weighted by Crippen LogP contribution is 2.38. The first kappa shape index (κ1) is 13.7. The lowest BCUT2D eigenvalue weighted by atomic mass is 10.0. The second-order valence-corrected chi connectivity index (χ2v) is 4.87. The number of para-hydroxylation sites is 1. The zero-order valence-electron chi connectivity index (χ0n) is 11.5. The van der Waals surface area contributed by atoms with E-state index in [9.17, 15) is 9.59 Å². The first-order valence-corrected chi connectivity index (χ1v) is 6.69. The van der Waals surface area contributed by atoms with Gasteiger partial charge in [-0.15, -0.1) is 0 Å². The summed E-state index contributed by atoms with van der Waals surface area (Å²) in [4.78, 5) is 25.6. The minimum Gasteiger partial charge on any atom is -0.333 e. The van der Waals surface area contributed by atoms with Crippen LogP contribution in [0, 0.1) is 0 Å². The molecule has 2 N–H and O–H groups in total. The number of carbonyl (C=O) groups is 2. The van der Waals surface area contributed by atoms with Gasteiger partial charge in [0.25, 0.3) is 0 Å². The van der Waals surface area contributed by atoms with Crippen LogP contribution in [0.25, 0.3) is 0 Å². The summed E-state index contributed by atoms with van der Waals surface area (Å²) in [5, 5.41) is 0. The van der Waals surface area contributed by atoms with Crippen molar-refractivity contribution in [2.24, 2.45) is 5.73 Å². The Morgan fingerprint density at radius 2 is 1.95 bits per heavy atom. The Balaban J connectivity index is 0.000000637. The Hall–Kier alpha value is -1.68. The number of Topliss-reactive ketones (excluding diaryl/α,β-unsaturated/α-hetero) is 1. The number of ketones is 1. The van der Waals surface area contributed by atoms with Crippen LogP contribution in [-0.4, -0.2) is 24.8 Å². The number of aryl methyl sites for hydroxylation is 1. The fourth-order valence-corrected chi connectivity index (χ4v) is 2.95. The summed E-state index contributed by atoms with van der Waals surface area (Å²) < 4.78 is 0. The van der Waals surface area contributed by atoms with E-state index in [1.807, 2.05) is 12.1 Å². The molecule has 4 heteroatoms. The Morgan fingerprint density at radius 1 is 1.26 bits per heavy atom. The van der Waals surface area contributed by atoms with Crippen molar-refractivity contribution in [2.45, 2.75) is 38.6 Å². The van der Waals surface area contributed by atoms with Crippen LogP contribution in [0.5, 0.6) is 0 Å². The third-order valence-corrected chi connectivity index (χ3v) is 3.74. The van der Waals surface area contributed by atoms with Gasteiger partial charge in [-0.2, -0.15) is 0 Å². The second-order valence-electron chi connectivity index (χ2n) is 4.87. The maximum atomic E-state index is 12.1. The van der Waals surface area contributed by atoms with Crippen LogP contribution in [0.4, 0.5) is 5.69 Å². The zero-order chi connectivity index (χ0) is 14.0. The summed E-state index contributed by atoms with van der Waals surface area (Å²) in [6.45, 7) is 1.58. The molecule has 4 nitrogen and oxygen atoms in total. The van der Waals surface area contributed by atoms with E-state index in [2.05, 4.69) is 11.8 Å². The zero-order valence-corrected chi connectivity index (χ0v) is 11.5. The average molecular weight is 260 g/mol. The molecule has 0 spiro atoms. The third-order valence-electron chi connectivity index (χ3n) is 3.74. The van der Waals surface area contributed by atoms with Crippen LogP contribution >= 0.6 is 0 Å². The van der Waals surface area contributed by atoms with Crippen molar-refractivity contribution < 1.29 is 9.59 Å². The number of amides is 1.